The SMILES string of the molecule is CC(C)(C)c1ccc(O)cc1.[NaH]. The van der Waals surface area contributed by atoms with Crippen LogP contribution in [-0.2, 0) is 5.41 Å². The van der Waals surface area contributed by atoms with Gasteiger partial charge in [-0.3, -0.25) is 0 Å². The molecule has 0 aromatic heterocycles. The molecule has 0 fully saturated rings. The summed E-state index contributed by atoms with van der Waals surface area (Å²) in [6.07, 6.45) is 0. The first-order valence-electron chi connectivity index (χ1n) is 3.79. The molecule has 1 aromatic carbocycles. The second kappa shape index (κ2) is 4.31. The first-order chi connectivity index (χ1) is 5.00. The molecule has 62 valence electrons. The van der Waals surface area contributed by atoms with E-state index in [2.05, 4.69) is 20.8 Å². The fourth-order valence-electron chi connectivity index (χ4n) is 0.961. The van der Waals surface area contributed by atoms with Gasteiger partial charge in [0, 0.05) is 0 Å². The van der Waals surface area contributed by atoms with E-state index in [1.165, 1.54) is 5.56 Å². The third-order valence-electron chi connectivity index (χ3n) is 1.73. The Kier molecular flexibility index (Phi) is 4.32. The Bertz CT molecular complexity index is 233. The van der Waals surface area contributed by atoms with Gasteiger partial charge in [-0.15, -0.1) is 0 Å². The molecule has 0 spiro atoms. The summed E-state index contributed by atoms with van der Waals surface area (Å²) in [5.41, 5.74) is 1.42. The average molecular weight is 174 g/mol. The molecule has 0 amide bonds. The van der Waals surface area contributed by atoms with Gasteiger partial charge in [0.15, 0.2) is 0 Å². The van der Waals surface area contributed by atoms with Crippen molar-refractivity contribution in [1.29, 1.82) is 0 Å². The zero-order valence-electron chi connectivity index (χ0n) is 7.26. The van der Waals surface area contributed by atoms with Gasteiger partial charge in [-0.25, -0.2) is 0 Å². The Morgan fingerprint density at radius 3 is 1.75 bits per heavy atom. The summed E-state index contributed by atoms with van der Waals surface area (Å²) in [5, 5.41) is 9.02. The normalized spacial score (nSPS) is 10.6. The Hall–Kier alpha value is 0.0200. The summed E-state index contributed by atoms with van der Waals surface area (Å²) in [5.74, 6) is 0.331. The molecule has 0 aliphatic carbocycles. The number of phenols is 1. The zero-order chi connectivity index (χ0) is 8.48. The molecular weight excluding hydrogens is 159 g/mol. The van der Waals surface area contributed by atoms with Gasteiger partial charge >= 0.3 is 29.6 Å². The molecule has 0 saturated carbocycles. The molecule has 0 heterocycles. The number of hydrogen-bond donors (Lipinski definition) is 1. The molecule has 1 aromatic rings. The van der Waals surface area contributed by atoms with Gasteiger partial charge in [0.05, 0.1) is 0 Å². The molecule has 0 aliphatic heterocycles. The van der Waals surface area contributed by atoms with Crippen molar-refractivity contribution in [3.63, 3.8) is 0 Å². The third-order valence-corrected chi connectivity index (χ3v) is 1.73. The predicted octanol–water partition coefficient (Wildman–Crippen LogP) is 2.04. The molecular formula is C10H15NaO. The standard InChI is InChI=1S/C10H14O.Na.H/c1-10(2,3)8-4-6-9(11)7-5-8;;/h4-7,11H,1-3H3;;. The number of phenolic OH excluding ortho intramolecular Hbond substituents is 1. The summed E-state index contributed by atoms with van der Waals surface area (Å²) in [4.78, 5) is 0. The second-order valence-electron chi connectivity index (χ2n) is 3.80. The van der Waals surface area contributed by atoms with E-state index in [4.69, 9.17) is 5.11 Å². The Labute approximate surface area is 96.1 Å². The summed E-state index contributed by atoms with van der Waals surface area (Å²) in [7, 11) is 0. The monoisotopic (exact) mass is 174 g/mol. The van der Waals surface area contributed by atoms with Crippen LogP contribution in [0.25, 0.3) is 0 Å². The van der Waals surface area contributed by atoms with Crippen molar-refractivity contribution in [3.8, 4) is 5.75 Å². The molecule has 0 unspecified atom stereocenters. The molecule has 0 radical (unpaired) electrons. The average Bonchev–Trinajstić information content (AvgIpc) is 1.86. The first kappa shape index (κ1) is 12.0. The number of rotatable bonds is 0. The van der Waals surface area contributed by atoms with Crippen LogP contribution in [0.5, 0.6) is 5.75 Å². The fraction of sp³-hybridized carbons (Fsp3) is 0.400. The van der Waals surface area contributed by atoms with Gasteiger partial charge in [0.2, 0.25) is 0 Å². The van der Waals surface area contributed by atoms with Gasteiger partial charge in [-0.2, -0.15) is 0 Å². The van der Waals surface area contributed by atoms with Crippen LogP contribution in [0.4, 0.5) is 0 Å². The molecule has 1 N–H and O–H groups in total. The quantitative estimate of drug-likeness (QED) is 0.597. The van der Waals surface area contributed by atoms with Crippen molar-refractivity contribution < 1.29 is 5.11 Å². The molecule has 0 bridgehead atoms. The van der Waals surface area contributed by atoms with Crippen LogP contribution in [0, 0.1) is 0 Å². The Morgan fingerprint density at radius 2 is 1.42 bits per heavy atom. The maximum atomic E-state index is 9.02. The minimum atomic E-state index is 0. The van der Waals surface area contributed by atoms with E-state index < -0.39 is 0 Å². The second-order valence-corrected chi connectivity index (χ2v) is 3.80. The molecule has 0 atom stereocenters. The van der Waals surface area contributed by atoms with Crippen molar-refractivity contribution in [1.82, 2.24) is 0 Å². The maximum absolute atomic E-state index is 9.02. The van der Waals surface area contributed by atoms with Crippen molar-refractivity contribution in [3.05, 3.63) is 29.8 Å². The van der Waals surface area contributed by atoms with Gasteiger partial charge in [-0.1, -0.05) is 32.9 Å². The van der Waals surface area contributed by atoms with Crippen LogP contribution in [0.3, 0.4) is 0 Å². The zero-order valence-corrected chi connectivity index (χ0v) is 7.26. The summed E-state index contributed by atoms with van der Waals surface area (Å²) < 4.78 is 0. The minimum absolute atomic E-state index is 0. The van der Waals surface area contributed by atoms with Crippen LogP contribution in [-0.4, -0.2) is 34.7 Å². The number of hydrogen-bond acceptors (Lipinski definition) is 1. The van der Waals surface area contributed by atoms with Crippen LogP contribution in [0.15, 0.2) is 24.3 Å². The van der Waals surface area contributed by atoms with Crippen LogP contribution < -0.4 is 0 Å². The fourth-order valence-corrected chi connectivity index (χ4v) is 0.961. The van der Waals surface area contributed by atoms with Crippen LogP contribution >= 0.6 is 0 Å². The van der Waals surface area contributed by atoms with Crippen molar-refractivity contribution in [2.24, 2.45) is 0 Å². The van der Waals surface area contributed by atoms with Gasteiger partial charge < -0.3 is 5.11 Å². The van der Waals surface area contributed by atoms with E-state index in [0.717, 1.165) is 0 Å². The summed E-state index contributed by atoms with van der Waals surface area (Å²) in [6, 6.07) is 7.35. The van der Waals surface area contributed by atoms with E-state index >= 15 is 0 Å². The number of aromatic hydroxyl groups is 1. The van der Waals surface area contributed by atoms with E-state index in [1.807, 2.05) is 12.1 Å². The van der Waals surface area contributed by atoms with E-state index in [9.17, 15) is 0 Å². The summed E-state index contributed by atoms with van der Waals surface area (Å²) in [6.45, 7) is 6.46. The van der Waals surface area contributed by atoms with Gasteiger partial charge in [0.1, 0.15) is 5.75 Å². The summed E-state index contributed by atoms with van der Waals surface area (Å²) >= 11 is 0. The van der Waals surface area contributed by atoms with E-state index in [1.54, 1.807) is 12.1 Å². The Balaban J connectivity index is 0.00000121. The predicted molar refractivity (Wildman–Crippen MR) is 54.0 cm³/mol. The van der Waals surface area contributed by atoms with E-state index in [-0.39, 0.29) is 35.0 Å². The van der Waals surface area contributed by atoms with Crippen LogP contribution in [0.1, 0.15) is 26.3 Å². The molecule has 1 nitrogen and oxygen atoms in total. The molecule has 12 heavy (non-hydrogen) atoms. The molecule has 2 heteroatoms. The topological polar surface area (TPSA) is 20.2 Å². The van der Waals surface area contributed by atoms with E-state index in [0.29, 0.717) is 5.75 Å². The molecule has 0 aliphatic rings. The Morgan fingerprint density at radius 1 is 1.00 bits per heavy atom. The molecule has 0 saturated heterocycles. The first-order valence-corrected chi connectivity index (χ1v) is 3.79. The van der Waals surface area contributed by atoms with Gasteiger partial charge in [0.25, 0.3) is 0 Å². The van der Waals surface area contributed by atoms with Crippen molar-refractivity contribution >= 4 is 29.6 Å². The van der Waals surface area contributed by atoms with Gasteiger partial charge in [-0.05, 0) is 23.1 Å². The van der Waals surface area contributed by atoms with Crippen LogP contribution in [0.2, 0.25) is 0 Å². The third kappa shape index (κ3) is 3.18. The molecule has 1 rings (SSSR count). The van der Waals surface area contributed by atoms with Crippen molar-refractivity contribution in [2.75, 3.05) is 0 Å². The number of benzene rings is 1. The van der Waals surface area contributed by atoms with Crippen molar-refractivity contribution in [2.45, 2.75) is 26.2 Å².